The summed E-state index contributed by atoms with van der Waals surface area (Å²) < 4.78 is 42.0. The minimum atomic E-state index is -4.50. The minimum Gasteiger partial charge on any atom is -0.337 e. The van der Waals surface area contributed by atoms with Crippen molar-refractivity contribution >= 4 is 5.91 Å². The molecule has 1 aromatic heterocycles. The van der Waals surface area contributed by atoms with Crippen LogP contribution in [0.25, 0.3) is 16.9 Å². The van der Waals surface area contributed by atoms with Crippen LogP contribution in [0.15, 0.2) is 84.9 Å². The van der Waals surface area contributed by atoms with E-state index in [1.54, 1.807) is 11.6 Å². The molecule has 1 amide bonds. The maximum atomic E-state index is 13.6. The molecular formula is C26H22F3N3O. The topological polar surface area (TPSA) is 38.1 Å². The Labute approximate surface area is 189 Å². The van der Waals surface area contributed by atoms with Gasteiger partial charge in [-0.15, -0.1) is 0 Å². The predicted octanol–water partition coefficient (Wildman–Crippen LogP) is 6.14. The van der Waals surface area contributed by atoms with E-state index < -0.39 is 17.6 Å². The summed E-state index contributed by atoms with van der Waals surface area (Å²) in [5, 5.41) is 4.71. The molecule has 0 aliphatic rings. The van der Waals surface area contributed by atoms with Crippen molar-refractivity contribution in [2.24, 2.45) is 0 Å². The zero-order valence-electron chi connectivity index (χ0n) is 18.2. The third-order valence-electron chi connectivity index (χ3n) is 5.46. The summed E-state index contributed by atoms with van der Waals surface area (Å²) in [5.74, 6) is -0.398. The van der Waals surface area contributed by atoms with Gasteiger partial charge in [0.1, 0.15) is 5.69 Å². The van der Waals surface area contributed by atoms with Crippen LogP contribution in [0.2, 0.25) is 0 Å². The molecule has 0 saturated carbocycles. The molecular weight excluding hydrogens is 427 g/mol. The Morgan fingerprint density at radius 3 is 2.12 bits per heavy atom. The summed E-state index contributed by atoms with van der Waals surface area (Å²) in [6, 6.07) is 24.0. The number of rotatable bonds is 5. The van der Waals surface area contributed by atoms with Crippen molar-refractivity contribution in [2.75, 3.05) is 7.05 Å². The van der Waals surface area contributed by atoms with E-state index in [1.807, 2.05) is 60.7 Å². The van der Waals surface area contributed by atoms with Gasteiger partial charge in [0.15, 0.2) is 0 Å². The number of carbonyl (C=O) groups excluding carboxylic acids is 1. The summed E-state index contributed by atoms with van der Waals surface area (Å²) in [4.78, 5) is 14.9. The first kappa shape index (κ1) is 22.3. The lowest BCUT2D eigenvalue weighted by molar-refractivity contribution is -0.138. The molecule has 3 aromatic carbocycles. The highest BCUT2D eigenvalue weighted by Gasteiger charge is 2.34. The second-order valence-corrected chi connectivity index (χ2v) is 7.74. The van der Waals surface area contributed by atoms with E-state index in [0.29, 0.717) is 17.0 Å². The molecule has 0 aliphatic heterocycles. The van der Waals surface area contributed by atoms with Gasteiger partial charge < -0.3 is 4.90 Å². The molecule has 4 aromatic rings. The molecule has 7 heteroatoms. The molecule has 0 radical (unpaired) electrons. The SMILES string of the molecule is Cc1c(C(=O)N(C)Cc2ccccc2C(F)(F)F)c(-c2ccccc2)nn1-c1ccccc1. The molecule has 0 N–H and O–H groups in total. The van der Waals surface area contributed by atoms with Crippen molar-refractivity contribution in [3.05, 3.63) is 107 Å². The summed E-state index contributed by atoms with van der Waals surface area (Å²) in [6.45, 7) is 1.61. The second-order valence-electron chi connectivity index (χ2n) is 7.74. The fourth-order valence-corrected chi connectivity index (χ4v) is 3.83. The average Bonchev–Trinajstić information content (AvgIpc) is 3.16. The van der Waals surface area contributed by atoms with Gasteiger partial charge in [0.2, 0.25) is 0 Å². The predicted molar refractivity (Wildman–Crippen MR) is 121 cm³/mol. The van der Waals surface area contributed by atoms with Crippen molar-refractivity contribution < 1.29 is 18.0 Å². The number of alkyl halides is 3. The van der Waals surface area contributed by atoms with E-state index in [2.05, 4.69) is 0 Å². The van der Waals surface area contributed by atoms with Crippen LogP contribution in [-0.2, 0) is 12.7 Å². The third kappa shape index (κ3) is 4.53. The molecule has 0 atom stereocenters. The Morgan fingerprint density at radius 2 is 1.48 bits per heavy atom. The van der Waals surface area contributed by atoms with E-state index in [9.17, 15) is 18.0 Å². The highest BCUT2D eigenvalue weighted by Crippen LogP contribution is 2.33. The van der Waals surface area contributed by atoms with Gasteiger partial charge in [0, 0.05) is 19.2 Å². The van der Waals surface area contributed by atoms with Gasteiger partial charge >= 0.3 is 6.18 Å². The Morgan fingerprint density at radius 1 is 0.909 bits per heavy atom. The lowest BCUT2D eigenvalue weighted by Crippen LogP contribution is -2.28. The average molecular weight is 449 g/mol. The van der Waals surface area contributed by atoms with Crippen LogP contribution in [0.4, 0.5) is 13.2 Å². The van der Waals surface area contributed by atoms with Crippen LogP contribution in [0.1, 0.15) is 27.2 Å². The Bertz CT molecular complexity index is 1270. The number of aromatic nitrogens is 2. The number of hydrogen-bond donors (Lipinski definition) is 0. The lowest BCUT2D eigenvalue weighted by Gasteiger charge is -2.20. The molecule has 168 valence electrons. The van der Waals surface area contributed by atoms with Gasteiger partial charge in [-0.2, -0.15) is 18.3 Å². The molecule has 1 heterocycles. The first-order valence-electron chi connectivity index (χ1n) is 10.4. The van der Waals surface area contributed by atoms with Gasteiger partial charge in [-0.3, -0.25) is 4.79 Å². The zero-order chi connectivity index (χ0) is 23.6. The van der Waals surface area contributed by atoms with Gasteiger partial charge in [0.25, 0.3) is 5.91 Å². The smallest absolute Gasteiger partial charge is 0.337 e. The maximum Gasteiger partial charge on any atom is 0.416 e. The molecule has 4 rings (SSSR count). The summed E-state index contributed by atoms with van der Waals surface area (Å²) in [6.07, 6.45) is -4.50. The molecule has 0 spiro atoms. The number of amides is 1. The van der Waals surface area contributed by atoms with E-state index in [-0.39, 0.29) is 12.1 Å². The number of hydrogen-bond acceptors (Lipinski definition) is 2. The molecule has 0 fully saturated rings. The van der Waals surface area contributed by atoms with Gasteiger partial charge in [-0.05, 0) is 30.7 Å². The Balaban J connectivity index is 1.77. The van der Waals surface area contributed by atoms with Crippen LogP contribution in [0, 0.1) is 6.92 Å². The van der Waals surface area contributed by atoms with Crippen LogP contribution >= 0.6 is 0 Å². The standard InChI is InChI=1S/C26H22F3N3O/c1-18-23(25(33)31(2)17-20-13-9-10-16-22(20)26(27,28)29)24(19-11-5-3-6-12-19)30-32(18)21-14-7-4-8-15-21/h3-16H,17H2,1-2H3. The highest BCUT2D eigenvalue weighted by molar-refractivity contribution is 6.01. The van der Waals surface area contributed by atoms with Crippen molar-refractivity contribution in [1.29, 1.82) is 0 Å². The van der Waals surface area contributed by atoms with Crippen LogP contribution in [0.3, 0.4) is 0 Å². The van der Waals surface area contributed by atoms with Crippen LogP contribution < -0.4 is 0 Å². The summed E-state index contributed by atoms with van der Waals surface area (Å²) in [7, 11) is 1.50. The fourth-order valence-electron chi connectivity index (χ4n) is 3.83. The number of benzene rings is 3. The van der Waals surface area contributed by atoms with E-state index >= 15 is 0 Å². The van der Waals surface area contributed by atoms with Gasteiger partial charge in [0.05, 0.1) is 22.5 Å². The quantitative estimate of drug-likeness (QED) is 0.367. The highest BCUT2D eigenvalue weighted by atomic mass is 19.4. The van der Waals surface area contributed by atoms with E-state index in [0.717, 1.165) is 17.3 Å². The first-order chi connectivity index (χ1) is 15.8. The molecule has 0 aliphatic carbocycles. The number of nitrogens with zero attached hydrogens (tertiary/aromatic N) is 3. The molecule has 33 heavy (non-hydrogen) atoms. The third-order valence-corrected chi connectivity index (χ3v) is 5.46. The molecule has 0 bridgehead atoms. The van der Waals surface area contributed by atoms with Crippen molar-refractivity contribution in [3.63, 3.8) is 0 Å². The fraction of sp³-hybridized carbons (Fsp3) is 0.154. The van der Waals surface area contributed by atoms with Crippen molar-refractivity contribution in [2.45, 2.75) is 19.6 Å². The largest absolute Gasteiger partial charge is 0.416 e. The Hall–Kier alpha value is -3.87. The van der Waals surface area contributed by atoms with Crippen LogP contribution in [-0.4, -0.2) is 27.6 Å². The van der Waals surface area contributed by atoms with Gasteiger partial charge in [-0.1, -0.05) is 66.7 Å². The van der Waals surface area contributed by atoms with E-state index in [1.165, 1.54) is 30.1 Å². The number of halogens is 3. The molecule has 0 unspecified atom stereocenters. The first-order valence-corrected chi connectivity index (χ1v) is 10.4. The minimum absolute atomic E-state index is 0.0372. The number of para-hydroxylation sites is 1. The monoisotopic (exact) mass is 449 g/mol. The Kier molecular flexibility index (Phi) is 6.05. The van der Waals surface area contributed by atoms with Gasteiger partial charge in [-0.25, -0.2) is 4.68 Å². The number of carbonyl (C=O) groups is 1. The summed E-state index contributed by atoms with van der Waals surface area (Å²) in [5.41, 5.74) is 2.29. The zero-order valence-corrected chi connectivity index (χ0v) is 18.2. The normalized spacial score (nSPS) is 11.4. The lowest BCUT2D eigenvalue weighted by atomic mass is 10.0. The van der Waals surface area contributed by atoms with Crippen molar-refractivity contribution in [3.8, 4) is 16.9 Å². The molecule has 4 nitrogen and oxygen atoms in total. The molecule has 0 saturated heterocycles. The van der Waals surface area contributed by atoms with Crippen LogP contribution in [0.5, 0.6) is 0 Å². The van der Waals surface area contributed by atoms with Crippen molar-refractivity contribution in [1.82, 2.24) is 14.7 Å². The summed E-state index contributed by atoms with van der Waals surface area (Å²) >= 11 is 0. The maximum absolute atomic E-state index is 13.6. The van der Waals surface area contributed by atoms with E-state index in [4.69, 9.17) is 5.10 Å². The second kappa shape index (κ2) is 8.94.